The van der Waals surface area contributed by atoms with Gasteiger partial charge in [-0.1, -0.05) is 0 Å². The summed E-state index contributed by atoms with van der Waals surface area (Å²) in [4.78, 5) is 0. The Morgan fingerprint density at radius 3 is 1.56 bits per heavy atom. The third-order valence-electron chi connectivity index (χ3n) is 2.59. The molecule has 0 bridgehead atoms. The summed E-state index contributed by atoms with van der Waals surface area (Å²) >= 11 is 0. The van der Waals surface area contributed by atoms with E-state index in [2.05, 4.69) is 0 Å². The number of phenols is 2. The number of nitrogen functional groups attached to an aromatic ring is 2. The van der Waals surface area contributed by atoms with E-state index in [0.29, 0.717) is 28.9 Å². The molecule has 2 aromatic rings. The summed E-state index contributed by atoms with van der Waals surface area (Å²) in [5, 5.41) is 19.4. The van der Waals surface area contributed by atoms with E-state index in [9.17, 15) is 10.2 Å². The monoisotopic (exact) mass is 266 g/mol. The Bertz CT molecular complexity index is 509. The predicted octanol–water partition coefficient (Wildman–Crippen LogP) is 2.27. The van der Waals surface area contributed by atoms with Crippen molar-refractivity contribution < 1.29 is 10.2 Å². The normalized spacial score (nSPS) is 9.78. The molecule has 0 aliphatic rings. The highest BCUT2D eigenvalue weighted by Gasteiger charge is 2.07. The van der Waals surface area contributed by atoms with Gasteiger partial charge in [0.2, 0.25) is 0 Å². The number of hydrogen-bond donors (Lipinski definition) is 4. The third kappa shape index (κ3) is 2.99. The molecule has 5 heteroatoms. The highest BCUT2D eigenvalue weighted by atomic mass is 35.5. The van der Waals surface area contributed by atoms with Crippen molar-refractivity contribution in [2.45, 2.75) is 6.42 Å². The maximum absolute atomic E-state index is 9.69. The molecule has 0 unspecified atom stereocenters. The number of halogens is 1. The Hall–Kier alpha value is -2.07. The van der Waals surface area contributed by atoms with Crippen molar-refractivity contribution in [2.24, 2.45) is 0 Å². The zero-order chi connectivity index (χ0) is 12.4. The van der Waals surface area contributed by atoms with Crippen LogP contribution in [-0.2, 0) is 6.42 Å². The molecule has 2 aromatic carbocycles. The lowest BCUT2D eigenvalue weighted by Gasteiger charge is -2.08. The molecule has 18 heavy (non-hydrogen) atoms. The number of aromatic hydroxyl groups is 2. The Morgan fingerprint density at radius 1 is 0.778 bits per heavy atom. The van der Waals surface area contributed by atoms with Crippen LogP contribution in [0.15, 0.2) is 36.4 Å². The highest BCUT2D eigenvalue weighted by Crippen LogP contribution is 2.27. The SMILES string of the molecule is Cl.Nc1ccc(O)c(Cc2cc(N)ccc2O)c1. The largest absolute Gasteiger partial charge is 0.508 e. The van der Waals surface area contributed by atoms with Gasteiger partial charge in [0.05, 0.1) is 0 Å². The van der Waals surface area contributed by atoms with Crippen LogP contribution in [0.2, 0.25) is 0 Å². The second-order valence-corrected chi connectivity index (χ2v) is 3.95. The van der Waals surface area contributed by atoms with Gasteiger partial charge in [-0.2, -0.15) is 0 Å². The summed E-state index contributed by atoms with van der Waals surface area (Å²) in [7, 11) is 0. The fourth-order valence-electron chi connectivity index (χ4n) is 1.70. The molecule has 0 atom stereocenters. The van der Waals surface area contributed by atoms with Crippen LogP contribution in [0.5, 0.6) is 11.5 Å². The van der Waals surface area contributed by atoms with Crippen LogP contribution >= 0.6 is 12.4 Å². The standard InChI is InChI=1S/C13H14N2O2.ClH/c14-10-1-3-12(16)8(6-10)5-9-7-11(15)2-4-13(9)17;/h1-4,6-7,16-17H,5,14-15H2;1H. The van der Waals surface area contributed by atoms with Crippen LogP contribution in [0.1, 0.15) is 11.1 Å². The zero-order valence-electron chi connectivity index (χ0n) is 9.63. The fourth-order valence-corrected chi connectivity index (χ4v) is 1.70. The number of phenolic OH excluding ortho intramolecular Hbond substituents is 2. The average molecular weight is 267 g/mol. The van der Waals surface area contributed by atoms with Crippen molar-refractivity contribution in [3.8, 4) is 11.5 Å². The molecule has 0 aliphatic heterocycles. The molecule has 0 fully saturated rings. The van der Waals surface area contributed by atoms with Gasteiger partial charge in [-0.15, -0.1) is 12.4 Å². The summed E-state index contributed by atoms with van der Waals surface area (Å²) in [6.45, 7) is 0. The van der Waals surface area contributed by atoms with Gasteiger partial charge in [-0.3, -0.25) is 0 Å². The van der Waals surface area contributed by atoms with Gasteiger partial charge in [0.15, 0.2) is 0 Å². The van der Waals surface area contributed by atoms with Crippen LogP contribution in [-0.4, -0.2) is 10.2 Å². The van der Waals surface area contributed by atoms with E-state index in [1.165, 1.54) is 12.1 Å². The molecule has 0 heterocycles. The quantitative estimate of drug-likeness (QED) is 0.496. The number of benzene rings is 2. The summed E-state index contributed by atoms with van der Waals surface area (Å²) in [6, 6.07) is 9.67. The van der Waals surface area contributed by atoms with Crippen LogP contribution in [0, 0.1) is 0 Å². The molecular weight excluding hydrogens is 252 g/mol. The highest BCUT2D eigenvalue weighted by molar-refractivity contribution is 5.85. The molecule has 0 aliphatic carbocycles. The first-order valence-electron chi connectivity index (χ1n) is 5.21. The van der Waals surface area contributed by atoms with E-state index in [-0.39, 0.29) is 23.9 Å². The van der Waals surface area contributed by atoms with Gasteiger partial charge in [0.1, 0.15) is 11.5 Å². The third-order valence-corrected chi connectivity index (χ3v) is 2.59. The molecule has 6 N–H and O–H groups in total. The van der Waals surface area contributed by atoms with E-state index in [0.717, 1.165) is 0 Å². The number of anilines is 2. The van der Waals surface area contributed by atoms with E-state index in [1.807, 2.05) is 0 Å². The van der Waals surface area contributed by atoms with E-state index >= 15 is 0 Å². The Morgan fingerprint density at radius 2 is 1.17 bits per heavy atom. The predicted molar refractivity (Wildman–Crippen MR) is 75.1 cm³/mol. The summed E-state index contributed by atoms with van der Waals surface area (Å²) in [6.07, 6.45) is 0.383. The average Bonchev–Trinajstić information content (AvgIpc) is 2.28. The van der Waals surface area contributed by atoms with E-state index < -0.39 is 0 Å². The first-order chi connectivity index (χ1) is 8.06. The van der Waals surface area contributed by atoms with Crippen molar-refractivity contribution in [2.75, 3.05) is 11.5 Å². The smallest absolute Gasteiger partial charge is 0.119 e. The lowest BCUT2D eigenvalue weighted by atomic mass is 10.0. The molecule has 0 radical (unpaired) electrons. The molecule has 96 valence electrons. The minimum atomic E-state index is 0. The topological polar surface area (TPSA) is 92.5 Å². The Labute approximate surface area is 111 Å². The second kappa shape index (κ2) is 5.51. The molecule has 0 saturated heterocycles. The van der Waals surface area contributed by atoms with Crippen molar-refractivity contribution in [3.05, 3.63) is 47.5 Å². The van der Waals surface area contributed by atoms with Crippen molar-refractivity contribution in [1.29, 1.82) is 0 Å². The van der Waals surface area contributed by atoms with Gasteiger partial charge in [0, 0.05) is 28.9 Å². The van der Waals surface area contributed by atoms with Gasteiger partial charge in [0.25, 0.3) is 0 Å². The first-order valence-corrected chi connectivity index (χ1v) is 5.21. The van der Waals surface area contributed by atoms with Crippen molar-refractivity contribution in [3.63, 3.8) is 0 Å². The fraction of sp³-hybridized carbons (Fsp3) is 0.0769. The van der Waals surface area contributed by atoms with Crippen LogP contribution in [0.25, 0.3) is 0 Å². The second-order valence-electron chi connectivity index (χ2n) is 3.95. The molecule has 0 spiro atoms. The van der Waals surface area contributed by atoms with Gasteiger partial charge < -0.3 is 21.7 Å². The lowest BCUT2D eigenvalue weighted by molar-refractivity contribution is 0.463. The molecule has 2 rings (SSSR count). The molecule has 0 amide bonds. The van der Waals surface area contributed by atoms with Gasteiger partial charge in [-0.05, 0) is 36.4 Å². The van der Waals surface area contributed by atoms with Crippen LogP contribution < -0.4 is 11.5 Å². The number of nitrogens with two attached hydrogens (primary N) is 2. The van der Waals surface area contributed by atoms with Crippen molar-refractivity contribution >= 4 is 23.8 Å². The first kappa shape index (κ1) is 14.0. The van der Waals surface area contributed by atoms with E-state index in [4.69, 9.17) is 11.5 Å². The maximum Gasteiger partial charge on any atom is 0.119 e. The van der Waals surface area contributed by atoms with Crippen LogP contribution in [0.3, 0.4) is 0 Å². The number of rotatable bonds is 2. The summed E-state index contributed by atoms with van der Waals surface area (Å²) in [5.41, 5.74) is 13.8. The van der Waals surface area contributed by atoms with Gasteiger partial charge >= 0.3 is 0 Å². The Kier molecular flexibility index (Phi) is 4.28. The molecular formula is C13H15ClN2O2. The van der Waals surface area contributed by atoms with E-state index in [1.54, 1.807) is 24.3 Å². The van der Waals surface area contributed by atoms with Gasteiger partial charge in [-0.25, -0.2) is 0 Å². The van der Waals surface area contributed by atoms with Crippen LogP contribution in [0.4, 0.5) is 11.4 Å². The lowest BCUT2D eigenvalue weighted by Crippen LogP contribution is -1.94. The minimum Gasteiger partial charge on any atom is -0.508 e. The summed E-state index contributed by atoms with van der Waals surface area (Å²) < 4.78 is 0. The molecule has 0 saturated carbocycles. The minimum absolute atomic E-state index is 0. The van der Waals surface area contributed by atoms with Crippen molar-refractivity contribution in [1.82, 2.24) is 0 Å². The maximum atomic E-state index is 9.69. The Balaban J connectivity index is 0.00000162. The zero-order valence-corrected chi connectivity index (χ0v) is 10.4. The molecule has 4 nitrogen and oxygen atoms in total. The molecule has 0 aromatic heterocycles. The number of hydrogen-bond acceptors (Lipinski definition) is 4. The summed E-state index contributed by atoms with van der Waals surface area (Å²) in [5.74, 6) is 0.307.